The summed E-state index contributed by atoms with van der Waals surface area (Å²) in [6.07, 6.45) is 0. The fourth-order valence-corrected chi connectivity index (χ4v) is 2.39. The number of carbonyl (C=O) groups is 2. The van der Waals surface area contributed by atoms with Crippen LogP contribution < -0.4 is 16.2 Å². The maximum Gasteiger partial charge on any atom is 0.279 e. The summed E-state index contributed by atoms with van der Waals surface area (Å²) in [7, 11) is 0. The summed E-state index contributed by atoms with van der Waals surface area (Å²) in [5.74, 6) is -0.808. The zero-order valence-electron chi connectivity index (χ0n) is 11.1. The normalized spacial score (nSPS) is 11.7. The van der Waals surface area contributed by atoms with Crippen LogP contribution >= 0.6 is 11.8 Å². The Morgan fingerprint density at radius 2 is 1.95 bits per heavy atom. The SMILES string of the molecule is [NH3+][C@@H](CSCc1ccc([N+](=O)[O-])cc1)C(=O)NCC(=O)[O-]. The highest BCUT2D eigenvalue weighted by Gasteiger charge is 2.16. The molecule has 8 nitrogen and oxygen atoms in total. The van der Waals surface area contributed by atoms with Gasteiger partial charge in [-0.2, -0.15) is 11.8 Å². The van der Waals surface area contributed by atoms with Crippen LogP contribution in [0.4, 0.5) is 5.69 Å². The number of carboxylic acid groups (broad SMARTS) is 1. The number of benzene rings is 1. The molecule has 1 atom stereocenters. The quantitative estimate of drug-likeness (QED) is 0.433. The van der Waals surface area contributed by atoms with Gasteiger partial charge in [-0.05, 0) is 5.56 Å². The van der Waals surface area contributed by atoms with Crippen molar-refractivity contribution < 1.29 is 25.4 Å². The number of carboxylic acids is 1. The molecule has 114 valence electrons. The minimum absolute atomic E-state index is 0.0282. The minimum Gasteiger partial charge on any atom is -0.548 e. The first-order valence-electron chi connectivity index (χ1n) is 6.02. The summed E-state index contributed by atoms with van der Waals surface area (Å²) in [5, 5.41) is 22.9. The molecule has 0 aliphatic rings. The van der Waals surface area contributed by atoms with Gasteiger partial charge in [0.15, 0.2) is 6.04 Å². The van der Waals surface area contributed by atoms with E-state index in [2.05, 4.69) is 11.1 Å². The molecule has 0 heterocycles. The number of nitro benzene ring substituents is 1. The number of nitrogens with zero attached hydrogens (tertiary/aromatic N) is 1. The number of aliphatic carboxylic acids is 1. The average molecular weight is 313 g/mol. The molecule has 0 fully saturated rings. The van der Waals surface area contributed by atoms with Crippen molar-refractivity contribution in [2.75, 3.05) is 12.3 Å². The van der Waals surface area contributed by atoms with Gasteiger partial charge in [0.2, 0.25) is 0 Å². The van der Waals surface area contributed by atoms with Crippen LogP contribution in [0.5, 0.6) is 0 Å². The van der Waals surface area contributed by atoms with E-state index in [0.717, 1.165) is 5.56 Å². The molecule has 1 rings (SSSR count). The van der Waals surface area contributed by atoms with Crippen molar-refractivity contribution in [3.8, 4) is 0 Å². The van der Waals surface area contributed by atoms with E-state index in [1.54, 1.807) is 12.1 Å². The van der Waals surface area contributed by atoms with Crippen molar-refractivity contribution in [1.82, 2.24) is 5.32 Å². The van der Waals surface area contributed by atoms with E-state index < -0.39 is 29.4 Å². The minimum atomic E-state index is -1.35. The molecular weight excluding hydrogens is 298 g/mol. The van der Waals surface area contributed by atoms with Crippen LogP contribution in [-0.2, 0) is 15.3 Å². The fourth-order valence-electron chi connectivity index (χ4n) is 1.41. The maximum atomic E-state index is 11.5. The summed E-state index contributed by atoms with van der Waals surface area (Å²) in [6, 6.07) is 5.57. The number of hydrogen-bond donors (Lipinski definition) is 2. The highest BCUT2D eigenvalue weighted by Crippen LogP contribution is 2.16. The third kappa shape index (κ3) is 6.23. The van der Waals surface area contributed by atoms with Crippen LogP contribution in [0.2, 0.25) is 0 Å². The number of nitrogens with one attached hydrogen (secondary N) is 1. The van der Waals surface area contributed by atoms with Crippen molar-refractivity contribution in [3.63, 3.8) is 0 Å². The predicted octanol–water partition coefficient (Wildman–Crippen LogP) is -1.70. The predicted molar refractivity (Wildman–Crippen MR) is 74.0 cm³/mol. The monoisotopic (exact) mass is 313 g/mol. The number of thioether (sulfide) groups is 1. The molecule has 0 unspecified atom stereocenters. The lowest BCUT2D eigenvalue weighted by atomic mass is 10.2. The van der Waals surface area contributed by atoms with Crippen LogP contribution in [0, 0.1) is 10.1 Å². The van der Waals surface area contributed by atoms with Crippen LogP contribution in [0.1, 0.15) is 5.56 Å². The standard InChI is InChI=1S/C12H15N3O5S/c13-10(12(18)14-5-11(16)17)7-21-6-8-1-3-9(4-2-8)15(19)20/h1-4,10H,5-7,13H2,(H,14,18)(H,16,17)/t10-/m0/s1. The molecule has 0 saturated heterocycles. The second kappa shape index (κ2) is 8.22. The highest BCUT2D eigenvalue weighted by molar-refractivity contribution is 7.98. The molecule has 1 amide bonds. The van der Waals surface area contributed by atoms with Crippen LogP contribution in [-0.4, -0.2) is 35.1 Å². The smallest absolute Gasteiger partial charge is 0.279 e. The number of nitro groups is 1. The zero-order chi connectivity index (χ0) is 15.8. The molecule has 21 heavy (non-hydrogen) atoms. The van der Waals surface area contributed by atoms with E-state index in [9.17, 15) is 24.8 Å². The van der Waals surface area contributed by atoms with Gasteiger partial charge in [-0.15, -0.1) is 0 Å². The Labute approximate surface area is 124 Å². The number of quaternary nitrogens is 1. The topological polar surface area (TPSA) is 140 Å². The van der Waals surface area contributed by atoms with E-state index >= 15 is 0 Å². The largest absolute Gasteiger partial charge is 0.548 e. The Morgan fingerprint density at radius 3 is 2.48 bits per heavy atom. The molecule has 0 saturated carbocycles. The molecular formula is C12H15N3O5S. The lowest BCUT2D eigenvalue weighted by Gasteiger charge is -2.09. The van der Waals surface area contributed by atoms with Crippen molar-refractivity contribution in [3.05, 3.63) is 39.9 Å². The zero-order valence-corrected chi connectivity index (χ0v) is 11.9. The molecule has 4 N–H and O–H groups in total. The first-order valence-corrected chi connectivity index (χ1v) is 7.17. The summed E-state index contributed by atoms with van der Waals surface area (Å²) in [6.45, 7) is -0.530. The molecule has 1 aromatic carbocycles. The van der Waals surface area contributed by atoms with Gasteiger partial charge in [0.05, 0.1) is 23.2 Å². The maximum absolute atomic E-state index is 11.5. The molecule has 0 aliphatic carbocycles. The number of hydrogen-bond acceptors (Lipinski definition) is 6. The fraction of sp³-hybridized carbons (Fsp3) is 0.333. The van der Waals surface area contributed by atoms with Crippen molar-refractivity contribution in [2.24, 2.45) is 0 Å². The van der Waals surface area contributed by atoms with Gasteiger partial charge in [0.25, 0.3) is 11.6 Å². The molecule has 0 bridgehead atoms. The van der Waals surface area contributed by atoms with E-state index in [0.29, 0.717) is 11.5 Å². The molecule has 0 radical (unpaired) electrons. The van der Waals surface area contributed by atoms with Crippen molar-refractivity contribution >= 4 is 29.3 Å². The molecule has 1 aromatic rings. The van der Waals surface area contributed by atoms with E-state index in [4.69, 9.17) is 0 Å². The Kier molecular flexibility index (Phi) is 6.63. The summed E-state index contributed by atoms with van der Waals surface area (Å²) in [4.78, 5) is 31.7. The lowest BCUT2D eigenvalue weighted by Crippen LogP contribution is -2.69. The van der Waals surface area contributed by atoms with Gasteiger partial charge in [0.1, 0.15) is 0 Å². The average Bonchev–Trinajstić information content (AvgIpc) is 2.45. The van der Waals surface area contributed by atoms with Crippen LogP contribution in [0.3, 0.4) is 0 Å². The van der Waals surface area contributed by atoms with Crippen molar-refractivity contribution in [2.45, 2.75) is 11.8 Å². The molecule has 0 spiro atoms. The first-order chi connectivity index (χ1) is 9.90. The summed E-state index contributed by atoms with van der Waals surface area (Å²) in [5.41, 5.74) is 4.57. The lowest BCUT2D eigenvalue weighted by molar-refractivity contribution is -0.396. The molecule has 0 aromatic heterocycles. The summed E-state index contributed by atoms with van der Waals surface area (Å²) < 4.78 is 0. The second-order valence-electron chi connectivity index (χ2n) is 4.23. The van der Waals surface area contributed by atoms with E-state index in [1.807, 2.05) is 0 Å². The van der Waals surface area contributed by atoms with Gasteiger partial charge in [0, 0.05) is 17.9 Å². The third-order valence-electron chi connectivity index (χ3n) is 2.51. The first kappa shape index (κ1) is 16.9. The van der Waals surface area contributed by atoms with E-state index in [1.165, 1.54) is 23.9 Å². The summed E-state index contributed by atoms with van der Waals surface area (Å²) >= 11 is 1.44. The van der Waals surface area contributed by atoms with Gasteiger partial charge < -0.3 is 21.0 Å². The van der Waals surface area contributed by atoms with Crippen LogP contribution in [0.15, 0.2) is 24.3 Å². The number of rotatable bonds is 8. The van der Waals surface area contributed by atoms with Gasteiger partial charge >= 0.3 is 0 Å². The van der Waals surface area contributed by atoms with Gasteiger partial charge in [-0.1, -0.05) is 12.1 Å². The number of non-ortho nitro benzene ring substituents is 1. The van der Waals surface area contributed by atoms with Gasteiger partial charge in [-0.25, -0.2) is 0 Å². The number of amides is 1. The third-order valence-corrected chi connectivity index (χ3v) is 3.69. The van der Waals surface area contributed by atoms with Crippen LogP contribution in [0.25, 0.3) is 0 Å². The Morgan fingerprint density at radius 1 is 1.33 bits per heavy atom. The number of carbonyl (C=O) groups excluding carboxylic acids is 2. The Bertz CT molecular complexity index is 520. The van der Waals surface area contributed by atoms with E-state index in [-0.39, 0.29) is 5.69 Å². The Hall–Kier alpha value is -2.13. The molecule has 9 heteroatoms. The Balaban J connectivity index is 2.33. The molecule has 0 aliphatic heterocycles. The second-order valence-corrected chi connectivity index (χ2v) is 5.26. The highest BCUT2D eigenvalue weighted by atomic mass is 32.2. The van der Waals surface area contributed by atoms with Gasteiger partial charge in [-0.3, -0.25) is 14.9 Å². The van der Waals surface area contributed by atoms with Crippen molar-refractivity contribution in [1.29, 1.82) is 0 Å².